The molecule has 2 N–H and O–H groups in total. The molecule has 19 heavy (non-hydrogen) atoms. The molecule has 0 aromatic carbocycles. The van der Waals surface area contributed by atoms with E-state index in [1.165, 1.54) is 12.1 Å². The van der Waals surface area contributed by atoms with Crippen molar-refractivity contribution in [3.63, 3.8) is 0 Å². The number of carbonyl (C=O) groups excluding carboxylic acids is 1. The Hall–Kier alpha value is -2.63. The molecular formula is C13H13N3O3. The number of hydrogen-bond acceptors (Lipinski definition) is 3. The first-order valence-corrected chi connectivity index (χ1v) is 5.78. The summed E-state index contributed by atoms with van der Waals surface area (Å²) in [5.74, 6) is -1.23. The van der Waals surface area contributed by atoms with Gasteiger partial charge < -0.3 is 15.0 Å². The molecule has 2 rings (SSSR count). The van der Waals surface area contributed by atoms with Crippen molar-refractivity contribution < 1.29 is 14.7 Å². The summed E-state index contributed by atoms with van der Waals surface area (Å²) in [7, 11) is 0. The first-order valence-electron chi connectivity index (χ1n) is 5.78. The topological polar surface area (TPSA) is 84.2 Å². The van der Waals surface area contributed by atoms with Crippen LogP contribution < -0.4 is 5.32 Å². The molecule has 0 aliphatic rings. The van der Waals surface area contributed by atoms with Crippen LogP contribution in [-0.4, -0.2) is 26.5 Å². The summed E-state index contributed by atoms with van der Waals surface area (Å²) < 4.78 is 1.79. The van der Waals surface area contributed by atoms with Gasteiger partial charge in [-0.25, -0.2) is 9.78 Å². The molecular weight excluding hydrogens is 246 g/mol. The predicted octanol–water partition coefficient (Wildman–Crippen LogP) is 1.85. The SMILES string of the molecule is CCn1cccc1C(=O)Nc1cccc(C(=O)O)n1. The Morgan fingerprint density at radius 1 is 1.32 bits per heavy atom. The van der Waals surface area contributed by atoms with Gasteiger partial charge in [-0.2, -0.15) is 0 Å². The Morgan fingerprint density at radius 3 is 2.79 bits per heavy atom. The number of carboxylic acid groups (broad SMARTS) is 1. The summed E-state index contributed by atoms with van der Waals surface area (Å²) in [5, 5.41) is 11.4. The van der Waals surface area contributed by atoms with Crippen molar-refractivity contribution in [2.75, 3.05) is 5.32 Å². The highest BCUT2D eigenvalue weighted by Crippen LogP contribution is 2.09. The molecule has 0 bridgehead atoms. The first-order chi connectivity index (χ1) is 9.11. The maximum Gasteiger partial charge on any atom is 0.354 e. The third kappa shape index (κ3) is 2.79. The van der Waals surface area contributed by atoms with Crippen molar-refractivity contribution in [3.8, 4) is 0 Å². The molecule has 0 saturated carbocycles. The number of nitrogens with zero attached hydrogens (tertiary/aromatic N) is 2. The van der Waals surface area contributed by atoms with E-state index < -0.39 is 5.97 Å². The second-order valence-corrected chi connectivity index (χ2v) is 3.85. The number of amides is 1. The second-order valence-electron chi connectivity index (χ2n) is 3.85. The number of aromatic carboxylic acids is 1. The molecule has 0 spiro atoms. The lowest BCUT2D eigenvalue weighted by Crippen LogP contribution is -2.17. The number of pyridine rings is 1. The lowest BCUT2D eigenvalue weighted by atomic mass is 10.3. The largest absolute Gasteiger partial charge is 0.477 e. The van der Waals surface area contributed by atoms with E-state index in [0.717, 1.165) is 0 Å². The number of aryl methyl sites for hydroxylation is 1. The molecule has 6 nitrogen and oxygen atoms in total. The van der Waals surface area contributed by atoms with Gasteiger partial charge in [-0.15, -0.1) is 0 Å². The normalized spacial score (nSPS) is 10.2. The summed E-state index contributed by atoms with van der Waals surface area (Å²) in [6.07, 6.45) is 1.80. The van der Waals surface area contributed by atoms with Crippen molar-refractivity contribution in [2.24, 2.45) is 0 Å². The number of hydrogen-bond donors (Lipinski definition) is 2. The molecule has 2 heterocycles. The second kappa shape index (κ2) is 5.34. The van der Waals surface area contributed by atoms with E-state index in [2.05, 4.69) is 10.3 Å². The van der Waals surface area contributed by atoms with E-state index >= 15 is 0 Å². The number of rotatable bonds is 4. The molecule has 0 aliphatic heterocycles. The van der Waals surface area contributed by atoms with Crippen LogP contribution in [0.3, 0.4) is 0 Å². The van der Waals surface area contributed by atoms with Gasteiger partial charge in [0.2, 0.25) is 0 Å². The van der Waals surface area contributed by atoms with E-state index in [4.69, 9.17) is 5.11 Å². The van der Waals surface area contributed by atoms with Crippen LogP contribution in [0, 0.1) is 0 Å². The Kier molecular flexibility index (Phi) is 3.61. The van der Waals surface area contributed by atoms with Crippen molar-refractivity contribution >= 4 is 17.7 Å². The molecule has 0 radical (unpaired) electrons. The number of nitrogens with one attached hydrogen (secondary N) is 1. The lowest BCUT2D eigenvalue weighted by Gasteiger charge is -2.07. The Labute approximate surface area is 109 Å². The molecule has 2 aromatic heterocycles. The molecule has 0 aliphatic carbocycles. The number of anilines is 1. The Balaban J connectivity index is 2.19. The summed E-state index contributed by atoms with van der Waals surface area (Å²) in [5.41, 5.74) is 0.397. The maximum atomic E-state index is 12.0. The molecule has 1 amide bonds. The van der Waals surface area contributed by atoms with Gasteiger partial charge in [-0.05, 0) is 31.2 Å². The van der Waals surface area contributed by atoms with Gasteiger partial charge in [0.05, 0.1) is 0 Å². The van der Waals surface area contributed by atoms with E-state index in [0.29, 0.717) is 12.2 Å². The van der Waals surface area contributed by atoms with E-state index in [9.17, 15) is 9.59 Å². The quantitative estimate of drug-likeness (QED) is 0.877. The van der Waals surface area contributed by atoms with E-state index in [-0.39, 0.29) is 17.4 Å². The van der Waals surface area contributed by atoms with Crippen LogP contribution in [0.4, 0.5) is 5.82 Å². The van der Waals surface area contributed by atoms with E-state index in [1.54, 1.807) is 29.0 Å². The summed E-state index contributed by atoms with van der Waals surface area (Å²) >= 11 is 0. The highest BCUT2D eigenvalue weighted by molar-refractivity contribution is 6.02. The van der Waals surface area contributed by atoms with Crippen LogP contribution in [0.25, 0.3) is 0 Å². The van der Waals surface area contributed by atoms with Gasteiger partial charge in [0.15, 0.2) is 5.69 Å². The van der Waals surface area contributed by atoms with Gasteiger partial charge in [0.1, 0.15) is 11.5 Å². The zero-order chi connectivity index (χ0) is 13.8. The Morgan fingerprint density at radius 2 is 2.11 bits per heavy atom. The summed E-state index contributed by atoms with van der Waals surface area (Å²) in [6.45, 7) is 2.61. The van der Waals surface area contributed by atoms with Crippen molar-refractivity contribution in [2.45, 2.75) is 13.5 Å². The molecule has 0 atom stereocenters. The predicted molar refractivity (Wildman–Crippen MR) is 69.3 cm³/mol. The molecule has 0 saturated heterocycles. The Bertz CT molecular complexity index is 619. The monoisotopic (exact) mass is 259 g/mol. The minimum absolute atomic E-state index is 0.108. The van der Waals surface area contributed by atoms with Gasteiger partial charge in [0.25, 0.3) is 5.91 Å². The average molecular weight is 259 g/mol. The van der Waals surface area contributed by atoms with Crippen LogP contribution in [0.1, 0.15) is 27.9 Å². The smallest absolute Gasteiger partial charge is 0.354 e. The molecule has 0 fully saturated rings. The molecule has 2 aromatic rings. The number of carbonyl (C=O) groups is 2. The van der Waals surface area contributed by atoms with Crippen LogP contribution in [0.2, 0.25) is 0 Å². The van der Waals surface area contributed by atoms with E-state index in [1.807, 2.05) is 6.92 Å². The molecule has 6 heteroatoms. The fourth-order valence-electron chi connectivity index (χ4n) is 1.70. The highest BCUT2D eigenvalue weighted by atomic mass is 16.4. The van der Waals surface area contributed by atoms with Crippen LogP contribution in [0.5, 0.6) is 0 Å². The summed E-state index contributed by atoms with van der Waals surface area (Å²) in [4.78, 5) is 26.6. The standard InChI is InChI=1S/C13H13N3O3/c1-2-16-8-4-6-10(16)12(17)15-11-7-3-5-9(14-11)13(18)19/h3-8H,2H2,1H3,(H,18,19)(H,14,15,17). The van der Waals surface area contributed by atoms with Crippen molar-refractivity contribution in [3.05, 3.63) is 47.9 Å². The minimum Gasteiger partial charge on any atom is -0.477 e. The van der Waals surface area contributed by atoms with Gasteiger partial charge >= 0.3 is 5.97 Å². The zero-order valence-corrected chi connectivity index (χ0v) is 10.3. The summed E-state index contributed by atoms with van der Waals surface area (Å²) in [6, 6.07) is 7.92. The third-order valence-electron chi connectivity index (χ3n) is 2.61. The maximum absolute atomic E-state index is 12.0. The van der Waals surface area contributed by atoms with Crippen LogP contribution in [0.15, 0.2) is 36.5 Å². The van der Waals surface area contributed by atoms with Gasteiger partial charge in [-0.3, -0.25) is 4.79 Å². The lowest BCUT2D eigenvalue weighted by molar-refractivity contribution is 0.0690. The zero-order valence-electron chi connectivity index (χ0n) is 10.3. The first kappa shape index (κ1) is 12.8. The average Bonchev–Trinajstić information content (AvgIpc) is 2.87. The number of carboxylic acids is 1. The van der Waals surface area contributed by atoms with Crippen LogP contribution >= 0.6 is 0 Å². The van der Waals surface area contributed by atoms with Gasteiger partial charge in [-0.1, -0.05) is 6.07 Å². The van der Waals surface area contributed by atoms with Crippen LogP contribution in [-0.2, 0) is 6.54 Å². The van der Waals surface area contributed by atoms with Crippen molar-refractivity contribution in [1.29, 1.82) is 0 Å². The third-order valence-corrected chi connectivity index (χ3v) is 2.61. The highest BCUT2D eigenvalue weighted by Gasteiger charge is 2.12. The molecule has 98 valence electrons. The van der Waals surface area contributed by atoms with Gasteiger partial charge in [0, 0.05) is 12.7 Å². The number of aromatic nitrogens is 2. The van der Waals surface area contributed by atoms with Crippen molar-refractivity contribution in [1.82, 2.24) is 9.55 Å². The minimum atomic E-state index is -1.13. The fourth-order valence-corrected chi connectivity index (χ4v) is 1.70. The molecule has 0 unspecified atom stereocenters. The fraction of sp³-hybridized carbons (Fsp3) is 0.154.